The van der Waals surface area contributed by atoms with Crippen molar-refractivity contribution in [2.45, 2.75) is 12.5 Å². The Balaban J connectivity index is 1.75. The Kier molecular flexibility index (Phi) is 5.15. The molecular weight excluding hydrogens is 386 g/mol. The van der Waals surface area contributed by atoms with E-state index in [-0.39, 0.29) is 11.4 Å². The number of carbonyl (C=O) groups excluding carboxylic acids is 3. The van der Waals surface area contributed by atoms with Crippen LogP contribution in [0.15, 0.2) is 42.5 Å². The molecule has 8 nitrogen and oxygen atoms in total. The highest BCUT2D eigenvalue weighted by Gasteiger charge is 2.49. The average molecular weight is 404 g/mol. The number of anilines is 1. The number of hydrogen-bond donors (Lipinski definition) is 3. The fourth-order valence-corrected chi connectivity index (χ4v) is 3.07. The largest absolute Gasteiger partial charge is 0.506 e. The van der Waals surface area contributed by atoms with Crippen LogP contribution in [0.2, 0.25) is 5.02 Å². The molecule has 28 heavy (non-hydrogen) atoms. The Labute approximate surface area is 166 Å². The minimum atomic E-state index is -1.30. The maximum Gasteiger partial charge on any atom is 0.325 e. The van der Waals surface area contributed by atoms with Crippen molar-refractivity contribution in [2.75, 3.05) is 19.0 Å². The zero-order valence-electron chi connectivity index (χ0n) is 15.2. The van der Waals surface area contributed by atoms with Crippen molar-refractivity contribution >= 4 is 35.1 Å². The number of amides is 4. The number of rotatable bonds is 5. The molecule has 3 rings (SSSR count). The fraction of sp³-hybridized carbons (Fsp3) is 0.211. The molecule has 0 saturated carbocycles. The average Bonchev–Trinajstić information content (AvgIpc) is 2.89. The van der Waals surface area contributed by atoms with E-state index >= 15 is 0 Å². The first-order valence-electron chi connectivity index (χ1n) is 8.31. The second-order valence-corrected chi connectivity index (χ2v) is 6.82. The van der Waals surface area contributed by atoms with Crippen LogP contribution in [-0.4, -0.2) is 41.5 Å². The molecule has 0 aliphatic carbocycles. The van der Waals surface area contributed by atoms with Gasteiger partial charge in [-0.2, -0.15) is 0 Å². The molecule has 0 bridgehead atoms. The van der Waals surface area contributed by atoms with Gasteiger partial charge in [-0.25, -0.2) is 4.79 Å². The lowest BCUT2D eigenvalue weighted by Gasteiger charge is -2.22. The van der Waals surface area contributed by atoms with Gasteiger partial charge in [0.25, 0.3) is 5.91 Å². The van der Waals surface area contributed by atoms with E-state index < -0.39 is 29.9 Å². The first kappa shape index (κ1) is 19.5. The highest BCUT2D eigenvalue weighted by molar-refractivity contribution is 6.31. The van der Waals surface area contributed by atoms with Gasteiger partial charge >= 0.3 is 6.03 Å². The molecule has 3 N–H and O–H groups in total. The van der Waals surface area contributed by atoms with Crippen LogP contribution in [0.4, 0.5) is 10.5 Å². The molecule has 1 fully saturated rings. The van der Waals surface area contributed by atoms with Gasteiger partial charge < -0.3 is 20.5 Å². The van der Waals surface area contributed by atoms with E-state index in [2.05, 4.69) is 10.6 Å². The number of benzene rings is 2. The van der Waals surface area contributed by atoms with Crippen LogP contribution in [0.1, 0.15) is 12.5 Å². The van der Waals surface area contributed by atoms with Gasteiger partial charge in [0, 0.05) is 5.02 Å². The Morgan fingerprint density at radius 2 is 1.93 bits per heavy atom. The van der Waals surface area contributed by atoms with Crippen molar-refractivity contribution in [2.24, 2.45) is 0 Å². The van der Waals surface area contributed by atoms with Gasteiger partial charge in [-0.15, -0.1) is 0 Å². The van der Waals surface area contributed by atoms with Crippen LogP contribution >= 0.6 is 11.6 Å². The normalized spacial score (nSPS) is 18.8. The van der Waals surface area contributed by atoms with Crippen molar-refractivity contribution in [3.63, 3.8) is 0 Å². The molecule has 1 heterocycles. The summed E-state index contributed by atoms with van der Waals surface area (Å²) in [6.07, 6.45) is 0. The molecule has 4 amide bonds. The van der Waals surface area contributed by atoms with Gasteiger partial charge in [-0.1, -0.05) is 23.7 Å². The van der Waals surface area contributed by atoms with E-state index in [4.69, 9.17) is 16.3 Å². The van der Waals surface area contributed by atoms with E-state index in [0.717, 1.165) is 4.90 Å². The number of nitrogens with zero attached hydrogens (tertiary/aromatic N) is 1. The van der Waals surface area contributed by atoms with E-state index in [1.54, 1.807) is 31.2 Å². The lowest BCUT2D eigenvalue weighted by molar-refractivity contribution is -0.133. The summed E-state index contributed by atoms with van der Waals surface area (Å²) >= 11 is 5.84. The van der Waals surface area contributed by atoms with Gasteiger partial charge in [-0.3, -0.25) is 14.5 Å². The molecule has 1 atom stereocenters. The minimum absolute atomic E-state index is 0.0856. The third-order valence-electron chi connectivity index (χ3n) is 4.48. The molecule has 1 unspecified atom stereocenters. The summed E-state index contributed by atoms with van der Waals surface area (Å²) < 4.78 is 5.10. The van der Waals surface area contributed by atoms with Crippen molar-refractivity contribution in [1.82, 2.24) is 10.2 Å². The molecule has 2 aromatic carbocycles. The Morgan fingerprint density at radius 1 is 1.25 bits per heavy atom. The van der Waals surface area contributed by atoms with Crippen LogP contribution < -0.4 is 15.4 Å². The molecule has 1 aliphatic rings. The monoisotopic (exact) mass is 403 g/mol. The summed E-state index contributed by atoms with van der Waals surface area (Å²) in [5, 5.41) is 15.2. The van der Waals surface area contributed by atoms with Gasteiger partial charge in [0.2, 0.25) is 5.91 Å². The number of ether oxygens (including phenoxy) is 1. The van der Waals surface area contributed by atoms with Gasteiger partial charge in [0.15, 0.2) is 0 Å². The van der Waals surface area contributed by atoms with E-state index in [0.29, 0.717) is 16.3 Å². The number of phenols is 1. The molecule has 0 radical (unpaired) electrons. The number of carbonyl (C=O) groups is 3. The fourth-order valence-electron chi connectivity index (χ4n) is 2.90. The van der Waals surface area contributed by atoms with Crippen molar-refractivity contribution in [3.8, 4) is 11.5 Å². The van der Waals surface area contributed by atoms with Crippen molar-refractivity contribution in [3.05, 3.63) is 53.1 Å². The summed E-state index contributed by atoms with van der Waals surface area (Å²) in [7, 11) is 1.53. The zero-order valence-corrected chi connectivity index (χ0v) is 15.9. The number of methoxy groups -OCH3 is 1. The van der Waals surface area contributed by atoms with Crippen molar-refractivity contribution < 1.29 is 24.2 Å². The Morgan fingerprint density at radius 3 is 2.57 bits per heavy atom. The molecule has 9 heteroatoms. The second kappa shape index (κ2) is 7.40. The maximum atomic E-state index is 12.9. The third kappa shape index (κ3) is 3.59. The highest BCUT2D eigenvalue weighted by atomic mass is 35.5. The number of phenolic OH excluding ortho intramolecular Hbond substituents is 1. The second-order valence-electron chi connectivity index (χ2n) is 6.38. The Hall–Kier alpha value is -3.26. The van der Waals surface area contributed by atoms with Gasteiger partial charge in [-0.05, 0) is 42.8 Å². The number of halogens is 1. The number of aromatic hydroxyl groups is 1. The molecule has 146 valence electrons. The van der Waals surface area contributed by atoms with Crippen LogP contribution in [0.25, 0.3) is 0 Å². The summed E-state index contributed by atoms with van der Waals surface area (Å²) in [4.78, 5) is 38.3. The molecular formula is C19H18ClN3O5. The van der Waals surface area contributed by atoms with Crippen LogP contribution in [0, 0.1) is 0 Å². The predicted molar refractivity (Wildman–Crippen MR) is 102 cm³/mol. The van der Waals surface area contributed by atoms with Crippen LogP contribution in [0.3, 0.4) is 0 Å². The topological polar surface area (TPSA) is 108 Å². The summed E-state index contributed by atoms with van der Waals surface area (Å²) in [5.41, 5.74) is -0.661. The maximum absolute atomic E-state index is 12.9. The highest BCUT2D eigenvalue weighted by Crippen LogP contribution is 2.30. The molecule has 1 aliphatic heterocycles. The lowest BCUT2D eigenvalue weighted by Crippen LogP contribution is -2.42. The van der Waals surface area contributed by atoms with Crippen LogP contribution in [-0.2, 0) is 15.1 Å². The Bertz CT molecular complexity index is 947. The molecule has 1 saturated heterocycles. The molecule has 0 aromatic heterocycles. The van der Waals surface area contributed by atoms with Crippen molar-refractivity contribution in [1.29, 1.82) is 0 Å². The van der Waals surface area contributed by atoms with E-state index in [1.165, 1.54) is 25.3 Å². The van der Waals surface area contributed by atoms with E-state index in [9.17, 15) is 19.5 Å². The first-order valence-corrected chi connectivity index (χ1v) is 8.69. The minimum Gasteiger partial charge on any atom is -0.506 e. The van der Waals surface area contributed by atoms with Gasteiger partial charge in [0.1, 0.15) is 23.6 Å². The number of hydrogen-bond acceptors (Lipinski definition) is 5. The molecule has 0 spiro atoms. The zero-order chi connectivity index (χ0) is 20.5. The number of nitrogens with one attached hydrogen (secondary N) is 2. The smallest absolute Gasteiger partial charge is 0.325 e. The number of urea groups is 1. The van der Waals surface area contributed by atoms with E-state index in [1.807, 2.05) is 0 Å². The quantitative estimate of drug-likeness (QED) is 0.525. The number of imide groups is 1. The summed E-state index contributed by atoms with van der Waals surface area (Å²) in [6, 6.07) is 10.2. The molecule has 2 aromatic rings. The third-order valence-corrected chi connectivity index (χ3v) is 4.71. The van der Waals surface area contributed by atoms with Gasteiger partial charge in [0.05, 0.1) is 12.8 Å². The van der Waals surface area contributed by atoms with Crippen LogP contribution in [0.5, 0.6) is 11.5 Å². The SMILES string of the molecule is COc1ccc(C2(C)NC(=O)N(CC(=O)Nc3cc(Cl)ccc3O)C2=O)cc1. The standard InChI is InChI=1S/C19H18ClN3O5/c1-19(11-3-6-13(28-2)7-4-11)17(26)23(18(27)22-19)10-16(25)21-14-9-12(20)5-8-15(14)24/h3-9,24H,10H2,1-2H3,(H,21,25)(H,22,27). The summed E-state index contributed by atoms with van der Waals surface area (Å²) in [5.74, 6) is -0.784. The summed E-state index contributed by atoms with van der Waals surface area (Å²) in [6.45, 7) is 1.05. The predicted octanol–water partition coefficient (Wildman–Crippen LogP) is 2.46. The first-order chi connectivity index (χ1) is 13.2. The lowest BCUT2D eigenvalue weighted by atomic mass is 9.92.